The molecule has 2 saturated heterocycles. The Morgan fingerprint density at radius 3 is 2.48 bits per heavy atom. The lowest BCUT2D eigenvalue weighted by Gasteiger charge is -2.22. The minimum atomic E-state index is -4.35. The van der Waals surface area contributed by atoms with Crippen LogP contribution in [0.5, 0.6) is 0 Å². The smallest absolute Gasteiger partial charge is 0.354 e. The van der Waals surface area contributed by atoms with Crippen LogP contribution in [0.25, 0.3) is 11.1 Å². The van der Waals surface area contributed by atoms with E-state index in [0.717, 1.165) is 48.3 Å². The molecule has 2 fully saturated rings. The maximum atomic E-state index is 12.8. The average Bonchev–Trinajstić information content (AvgIpc) is 3.21. The summed E-state index contributed by atoms with van der Waals surface area (Å²) in [5.41, 5.74) is 1.97. The maximum absolute atomic E-state index is 12.8. The second-order valence-corrected chi connectivity index (χ2v) is 7.32. The number of carbonyl (C=O) groups excluding carboxylic acids is 1. The van der Waals surface area contributed by atoms with Gasteiger partial charge in [-0.25, -0.2) is 0 Å². The lowest BCUT2D eigenvalue weighted by atomic mass is 9.96. The first kappa shape index (κ1) is 18.0. The molecular weight excluding hydrogens is 355 g/mol. The summed E-state index contributed by atoms with van der Waals surface area (Å²) in [6, 6.07) is 8.87. The highest BCUT2D eigenvalue weighted by Gasteiger charge is 2.48. The van der Waals surface area contributed by atoms with Gasteiger partial charge in [0.2, 0.25) is 5.91 Å². The summed E-state index contributed by atoms with van der Waals surface area (Å²) >= 11 is 0. The fraction of sp³-hybridized carbons (Fsp3) is 0.400. The van der Waals surface area contributed by atoms with E-state index in [1.165, 1.54) is 12.1 Å². The molecule has 1 aromatic heterocycles. The van der Waals surface area contributed by atoms with Crippen LogP contribution in [0.3, 0.4) is 0 Å². The summed E-state index contributed by atoms with van der Waals surface area (Å²) in [6.45, 7) is 2.54. The fourth-order valence-electron chi connectivity index (χ4n) is 4.03. The number of carbonyl (C=O) groups is 1. The molecule has 4 rings (SSSR count). The van der Waals surface area contributed by atoms with Gasteiger partial charge >= 0.3 is 6.18 Å². The van der Waals surface area contributed by atoms with Gasteiger partial charge in [0.05, 0.1) is 17.3 Å². The highest BCUT2D eigenvalue weighted by atomic mass is 19.4. The molecule has 0 radical (unpaired) electrons. The summed E-state index contributed by atoms with van der Waals surface area (Å²) in [7, 11) is 0. The number of nitrogens with zero attached hydrogens (tertiary/aromatic N) is 1. The highest BCUT2D eigenvalue weighted by molar-refractivity contribution is 5.88. The SMILES string of the molecule is Cc1cc(-c2ccc(C(F)(F)F)cc2)cc([C@@H]2CC[C@]3(CCNC3=O)N2)n1. The molecule has 3 heterocycles. The molecule has 2 aromatic rings. The van der Waals surface area contributed by atoms with Gasteiger partial charge in [0.25, 0.3) is 0 Å². The Kier molecular flexibility index (Phi) is 4.22. The van der Waals surface area contributed by atoms with E-state index in [2.05, 4.69) is 15.6 Å². The van der Waals surface area contributed by atoms with Crippen molar-refractivity contribution >= 4 is 5.91 Å². The lowest BCUT2D eigenvalue weighted by Crippen LogP contribution is -2.47. The van der Waals surface area contributed by atoms with Gasteiger partial charge in [0.1, 0.15) is 5.54 Å². The minimum absolute atomic E-state index is 0.0399. The standard InChI is InChI=1S/C20H20F3N3O/c1-12-10-14(13-2-4-15(5-3-13)20(21,22)23)11-17(25-12)16-6-7-19(26-16)8-9-24-18(19)27/h2-5,10-11,16,26H,6-9H2,1H3,(H,24,27)/t16-,19+/m0/s1. The number of nitrogens with one attached hydrogen (secondary N) is 2. The Bertz CT molecular complexity index is 879. The van der Waals surface area contributed by atoms with E-state index in [1.54, 1.807) is 0 Å². The number of rotatable bonds is 2. The molecule has 0 aliphatic carbocycles. The van der Waals surface area contributed by atoms with Crippen LogP contribution in [0.4, 0.5) is 13.2 Å². The van der Waals surface area contributed by atoms with E-state index in [1.807, 2.05) is 19.1 Å². The second kappa shape index (κ2) is 6.34. The number of alkyl halides is 3. The van der Waals surface area contributed by atoms with Gasteiger partial charge in [-0.1, -0.05) is 12.1 Å². The molecule has 2 aliphatic rings. The van der Waals surface area contributed by atoms with Crippen molar-refractivity contribution in [3.63, 3.8) is 0 Å². The van der Waals surface area contributed by atoms with Crippen LogP contribution < -0.4 is 10.6 Å². The van der Waals surface area contributed by atoms with Gasteiger partial charge in [0.15, 0.2) is 0 Å². The Labute approximate surface area is 155 Å². The van der Waals surface area contributed by atoms with Crippen molar-refractivity contribution < 1.29 is 18.0 Å². The maximum Gasteiger partial charge on any atom is 0.416 e. The summed E-state index contributed by atoms with van der Waals surface area (Å²) in [6.07, 6.45) is -2.02. The van der Waals surface area contributed by atoms with E-state index >= 15 is 0 Å². The zero-order chi connectivity index (χ0) is 19.2. The third-order valence-electron chi connectivity index (χ3n) is 5.46. The summed E-state index contributed by atoms with van der Waals surface area (Å²) in [5, 5.41) is 6.32. The molecule has 2 aliphatic heterocycles. The number of halogens is 3. The van der Waals surface area contributed by atoms with Crippen LogP contribution in [0.15, 0.2) is 36.4 Å². The first-order valence-corrected chi connectivity index (χ1v) is 8.99. The van der Waals surface area contributed by atoms with Gasteiger partial charge in [0, 0.05) is 12.2 Å². The number of hydrogen-bond donors (Lipinski definition) is 2. The first-order valence-electron chi connectivity index (χ1n) is 8.99. The van der Waals surface area contributed by atoms with Crippen LogP contribution in [0.2, 0.25) is 0 Å². The van der Waals surface area contributed by atoms with Gasteiger partial charge in [-0.2, -0.15) is 13.2 Å². The fourth-order valence-corrected chi connectivity index (χ4v) is 4.03. The van der Waals surface area contributed by atoms with Crippen LogP contribution in [0.1, 0.15) is 42.3 Å². The summed E-state index contributed by atoms with van der Waals surface area (Å²) < 4.78 is 38.3. The monoisotopic (exact) mass is 375 g/mol. The Hall–Kier alpha value is -2.41. The molecule has 1 spiro atoms. The molecule has 142 valence electrons. The van der Waals surface area contributed by atoms with Gasteiger partial charge in [-0.05, 0) is 61.6 Å². The van der Waals surface area contributed by atoms with Crippen LogP contribution in [0, 0.1) is 6.92 Å². The zero-order valence-corrected chi connectivity index (χ0v) is 14.9. The first-order chi connectivity index (χ1) is 12.8. The van der Waals surface area contributed by atoms with Crippen LogP contribution in [-0.2, 0) is 11.0 Å². The number of aryl methyl sites for hydroxylation is 1. The van der Waals surface area contributed by atoms with Gasteiger partial charge in [-0.15, -0.1) is 0 Å². The number of pyridine rings is 1. The van der Waals surface area contributed by atoms with E-state index < -0.39 is 17.3 Å². The number of aromatic nitrogens is 1. The third kappa shape index (κ3) is 3.32. The largest absolute Gasteiger partial charge is 0.416 e. The molecule has 1 amide bonds. The van der Waals surface area contributed by atoms with Crippen molar-refractivity contribution in [1.29, 1.82) is 0 Å². The van der Waals surface area contributed by atoms with Crippen molar-refractivity contribution in [3.8, 4) is 11.1 Å². The van der Waals surface area contributed by atoms with Gasteiger partial charge in [-0.3, -0.25) is 15.1 Å². The van der Waals surface area contributed by atoms with Crippen molar-refractivity contribution in [2.75, 3.05) is 6.54 Å². The number of amides is 1. The Morgan fingerprint density at radius 1 is 1.11 bits per heavy atom. The summed E-state index contributed by atoms with van der Waals surface area (Å²) in [5.74, 6) is 0.0422. The van der Waals surface area contributed by atoms with Gasteiger partial charge < -0.3 is 5.32 Å². The predicted octanol–water partition coefficient (Wildman–Crippen LogP) is 3.76. The number of hydrogen-bond acceptors (Lipinski definition) is 3. The molecule has 7 heteroatoms. The molecule has 4 nitrogen and oxygen atoms in total. The second-order valence-electron chi connectivity index (χ2n) is 7.32. The lowest BCUT2D eigenvalue weighted by molar-refractivity contribution is -0.137. The summed E-state index contributed by atoms with van der Waals surface area (Å²) in [4.78, 5) is 16.8. The third-order valence-corrected chi connectivity index (χ3v) is 5.46. The van der Waals surface area contributed by atoms with E-state index in [9.17, 15) is 18.0 Å². The molecule has 0 unspecified atom stereocenters. The average molecular weight is 375 g/mol. The number of benzene rings is 1. The molecule has 0 bridgehead atoms. The van der Waals surface area contributed by atoms with E-state index in [-0.39, 0.29) is 11.9 Å². The van der Waals surface area contributed by atoms with E-state index in [0.29, 0.717) is 12.1 Å². The molecule has 2 atom stereocenters. The topological polar surface area (TPSA) is 54.0 Å². The van der Waals surface area contributed by atoms with Crippen LogP contribution in [-0.4, -0.2) is 23.0 Å². The van der Waals surface area contributed by atoms with E-state index in [4.69, 9.17) is 0 Å². The predicted molar refractivity (Wildman–Crippen MR) is 94.9 cm³/mol. The van der Waals surface area contributed by atoms with Crippen molar-refractivity contribution in [2.45, 2.75) is 43.9 Å². The van der Waals surface area contributed by atoms with Crippen LogP contribution >= 0.6 is 0 Å². The minimum Gasteiger partial charge on any atom is -0.354 e. The normalized spacial score (nSPS) is 25.2. The molecule has 2 N–H and O–H groups in total. The molecule has 0 saturated carbocycles. The Morgan fingerprint density at radius 2 is 1.85 bits per heavy atom. The zero-order valence-electron chi connectivity index (χ0n) is 14.9. The van der Waals surface area contributed by atoms with Crippen molar-refractivity contribution in [1.82, 2.24) is 15.6 Å². The highest BCUT2D eigenvalue weighted by Crippen LogP contribution is 2.38. The quantitative estimate of drug-likeness (QED) is 0.840. The van der Waals surface area contributed by atoms with Crippen molar-refractivity contribution in [3.05, 3.63) is 53.3 Å². The van der Waals surface area contributed by atoms with Crippen molar-refractivity contribution in [2.24, 2.45) is 0 Å². The molecule has 1 aromatic carbocycles. The molecule has 27 heavy (non-hydrogen) atoms. The molecular formula is C20H20F3N3O. The Balaban J connectivity index is 1.62.